The van der Waals surface area contributed by atoms with Gasteiger partial charge in [-0.15, -0.1) is 11.3 Å². The van der Waals surface area contributed by atoms with Crippen LogP contribution in [-0.4, -0.2) is 21.3 Å². The minimum atomic E-state index is 0.245. The van der Waals surface area contributed by atoms with Crippen LogP contribution in [0, 0.1) is 6.92 Å². The summed E-state index contributed by atoms with van der Waals surface area (Å²) in [5.74, 6) is 0. The summed E-state index contributed by atoms with van der Waals surface area (Å²) in [6, 6.07) is 0.245. The quantitative estimate of drug-likeness (QED) is 0.918. The van der Waals surface area contributed by atoms with E-state index in [-0.39, 0.29) is 6.04 Å². The SMILES string of the molecule is CCNC(Cc1c(Cl)c(C)nn1C)c1cncs1. The van der Waals surface area contributed by atoms with Gasteiger partial charge in [0.15, 0.2) is 0 Å². The Balaban J connectivity index is 2.24. The standard InChI is InChI=1S/C12H17ClN4S/c1-4-15-9(11-6-14-7-18-11)5-10-12(13)8(2)16-17(10)3/h6-7,9,15H,4-5H2,1-3H3. The van der Waals surface area contributed by atoms with Crippen molar-refractivity contribution in [3.8, 4) is 0 Å². The molecule has 0 bridgehead atoms. The van der Waals surface area contributed by atoms with Crippen LogP contribution in [0.1, 0.15) is 29.2 Å². The number of likely N-dealkylation sites (N-methyl/N-ethyl adjacent to an activating group) is 1. The Morgan fingerprint density at radius 3 is 2.83 bits per heavy atom. The van der Waals surface area contributed by atoms with Crippen molar-refractivity contribution in [3.63, 3.8) is 0 Å². The smallest absolute Gasteiger partial charge is 0.0847 e. The fraction of sp³-hybridized carbons (Fsp3) is 0.500. The number of thiazole rings is 1. The number of halogens is 1. The molecule has 98 valence electrons. The Bertz CT molecular complexity index is 506. The van der Waals surface area contributed by atoms with E-state index in [1.807, 2.05) is 30.4 Å². The molecular weight excluding hydrogens is 268 g/mol. The summed E-state index contributed by atoms with van der Waals surface area (Å²) in [6.07, 6.45) is 2.74. The molecule has 0 fully saturated rings. The number of rotatable bonds is 5. The van der Waals surface area contributed by atoms with E-state index in [0.29, 0.717) is 0 Å². The van der Waals surface area contributed by atoms with E-state index in [1.54, 1.807) is 11.3 Å². The number of aromatic nitrogens is 3. The topological polar surface area (TPSA) is 42.7 Å². The molecule has 1 N–H and O–H groups in total. The van der Waals surface area contributed by atoms with E-state index in [4.69, 9.17) is 11.6 Å². The average Bonchev–Trinajstić information content (AvgIpc) is 2.93. The van der Waals surface area contributed by atoms with Crippen LogP contribution >= 0.6 is 22.9 Å². The highest BCUT2D eigenvalue weighted by molar-refractivity contribution is 7.09. The molecule has 0 aliphatic rings. The van der Waals surface area contributed by atoms with Crippen LogP contribution in [0.3, 0.4) is 0 Å². The molecule has 0 radical (unpaired) electrons. The third-order valence-corrected chi connectivity index (χ3v) is 4.29. The molecule has 2 aromatic rings. The molecule has 0 amide bonds. The third kappa shape index (κ3) is 2.74. The molecule has 0 aliphatic carbocycles. The fourth-order valence-corrected chi connectivity index (χ4v) is 2.95. The number of aryl methyl sites for hydroxylation is 2. The molecule has 0 spiro atoms. The highest BCUT2D eigenvalue weighted by Gasteiger charge is 2.18. The van der Waals surface area contributed by atoms with E-state index in [0.717, 1.165) is 29.4 Å². The normalized spacial score (nSPS) is 12.9. The first-order chi connectivity index (χ1) is 8.63. The van der Waals surface area contributed by atoms with Gasteiger partial charge in [0.25, 0.3) is 0 Å². The molecular formula is C12H17ClN4S. The lowest BCUT2D eigenvalue weighted by molar-refractivity contribution is 0.535. The Morgan fingerprint density at radius 2 is 2.33 bits per heavy atom. The van der Waals surface area contributed by atoms with E-state index in [2.05, 4.69) is 22.3 Å². The van der Waals surface area contributed by atoms with Gasteiger partial charge >= 0.3 is 0 Å². The van der Waals surface area contributed by atoms with Gasteiger partial charge in [-0.1, -0.05) is 18.5 Å². The molecule has 4 nitrogen and oxygen atoms in total. The van der Waals surface area contributed by atoms with Crippen LogP contribution in [0.4, 0.5) is 0 Å². The first-order valence-electron chi connectivity index (χ1n) is 5.93. The van der Waals surface area contributed by atoms with Crippen LogP contribution < -0.4 is 5.32 Å². The number of hydrogen-bond acceptors (Lipinski definition) is 4. The van der Waals surface area contributed by atoms with Crippen LogP contribution in [0.15, 0.2) is 11.7 Å². The molecule has 1 unspecified atom stereocenters. The van der Waals surface area contributed by atoms with Crippen molar-refractivity contribution in [1.82, 2.24) is 20.1 Å². The van der Waals surface area contributed by atoms with Crippen molar-refractivity contribution in [2.24, 2.45) is 7.05 Å². The van der Waals surface area contributed by atoms with Crippen LogP contribution in [0.2, 0.25) is 5.02 Å². The van der Waals surface area contributed by atoms with Gasteiger partial charge in [-0.2, -0.15) is 5.10 Å². The van der Waals surface area contributed by atoms with Crippen molar-refractivity contribution in [1.29, 1.82) is 0 Å². The van der Waals surface area contributed by atoms with Crippen molar-refractivity contribution in [2.75, 3.05) is 6.54 Å². The summed E-state index contributed by atoms with van der Waals surface area (Å²) < 4.78 is 1.86. The van der Waals surface area contributed by atoms with Gasteiger partial charge in [-0.25, -0.2) is 0 Å². The Hall–Kier alpha value is -0.910. The zero-order chi connectivity index (χ0) is 13.1. The minimum absolute atomic E-state index is 0.245. The maximum absolute atomic E-state index is 6.30. The highest BCUT2D eigenvalue weighted by atomic mass is 35.5. The molecule has 1 atom stereocenters. The van der Waals surface area contributed by atoms with Crippen molar-refractivity contribution < 1.29 is 0 Å². The second-order valence-electron chi connectivity index (χ2n) is 4.19. The number of nitrogens with one attached hydrogen (secondary N) is 1. The number of hydrogen-bond donors (Lipinski definition) is 1. The molecule has 0 aliphatic heterocycles. The second-order valence-corrected chi connectivity index (χ2v) is 5.48. The lowest BCUT2D eigenvalue weighted by atomic mass is 10.1. The Kier molecular flexibility index (Phi) is 4.37. The lowest BCUT2D eigenvalue weighted by Gasteiger charge is -2.16. The van der Waals surface area contributed by atoms with E-state index < -0.39 is 0 Å². The van der Waals surface area contributed by atoms with Crippen molar-refractivity contribution in [3.05, 3.63) is 33.0 Å². The van der Waals surface area contributed by atoms with Gasteiger partial charge < -0.3 is 5.32 Å². The maximum Gasteiger partial charge on any atom is 0.0847 e. The first-order valence-corrected chi connectivity index (χ1v) is 7.19. The van der Waals surface area contributed by atoms with Crippen LogP contribution in [-0.2, 0) is 13.5 Å². The van der Waals surface area contributed by atoms with E-state index in [1.165, 1.54) is 4.88 Å². The van der Waals surface area contributed by atoms with Crippen molar-refractivity contribution in [2.45, 2.75) is 26.3 Å². The van der Waals surface area contributed by atoms with Crippen LogP contribution in [0.5, 0.6) is 0 Å². The highest BCUT2D eigenvalue weighted by Crippen LogP contribution is 2.27. The first kappa shape index (κ1) is 13.5. The van der Waals surface area contributed by atoms with Gasteiger partial charge in [0.1, 0.15) is 0 Å². The van der Waals surface area contributed by atoms with Gasteiger partial charge in [0.05, 0.1) is 21.9 Å². The molecule has 2 rings (SSSR count). The van der Waals surface area contributed by atoms with E-state index in [9.17, 15) is 0 Å². The molecule has 0 saturated carbocycles. The lowest BCUT2D eigenvalue weighted by Crippen LogP contribution is -2.23. The molecule has 2 aromatic heterocycles. The second kappa shape index (κ2) is 5.82. The summed E-state index contributed by atoms with van der Waals surface area (Å²) in [5.41, 5.74) is 3.80. The van der Waals surface area contributed by atoms with Gasteiger partial charge in [-0.05, 0) is 13.5 Å². The van der Waals surface area contributed by atoms with Gasteiger partial charge in [0.2, 0.25) is 0 Å². The van der Waals surface area contributed by atoms with E-state index >= 15 is 0 Å². The predicted molar refractivity (Wildman–Crippen MR) is 75.2 cm³/mol. The summed E-state index contributed by atoms with van der Waals surface area (Å²) in [4.78, 5) is 5.37. The summed E-state index contributed by atoms with van der Waals surface area (Å²) in [5, 5.41) is 8.59. The van der Waals surface area contributed by atoms with Crippen LogP contribution in [0.25, 0.3) is 0 Å². The molecule has 18 heavy (non-hydrogen) atoms. The minimum Gasteiger partial charge on any atom is -0.309 e. The zero-order valence-corrected chi connectivity index (χ0v) is 12.3. The number of nitrogens with zero attached hydrogens (tertiary/aromatic N) is 3. The average molecular weight is 285 g/mol. The Morgan fingerprint density at radius 1 is 1.56 bits per heavy atom. The third-order valence-electron chi connectivity index (χ3n) is 2.90. The zero-order valence-electron chi connectivity index (χ0n) is 10.8. The maximum atomic E-state index is 6.30. The summed E-state index contributed by atoms with van der Waals surface area (Å²) >= 11 is 7.96. The van der Waals surface area contributed by atoms with Gasteiger partial charge in [0, 0.05) is 30.6 Å². The molecule has 0 saturated heterocycles. The van der Waals surface area contributed by atoms with Gasteiger partial charge in [-0.3, -0.25) is 9.67 Å². The molecule has 6 heteroatoms. The molecule has 0 aromatic carbocycles. The largest absolute Gasteiger partial charge is 0.309 e. The summed E-state index contributed by atoms with van der Waals surface area (Å²) in [6.45, 7) is 4.95. The molecule has 2 heterocycles. The fourth-order valence-electron chi connectivity index (χ4n) is 2.01. The Labute approximate surface area is 116 Å². The van der Waals surface area contributed by atoms with Crippen molar-refractivity contribution >= 4 is 22.9 Å². The monoisotopic (exact) mass is 284 g/mol. The predicted octanol–water partition coefficient (Wildman–Crippen LogP) is 2.73. The summed E-state index contributed by atoms with van der Waals surface area (Å²) in [7, 11) is 1.93.